The molecule has 0 aliphatic rings. The molecule has 3 aromatic rings. The van der Waals surface area contributed by atoms with Crippen molar-refractivity contribution in [3.8, 4) is 0 Å². The van der Waals surface area contributed by atoms with E-state index in [4.69, 9.17) is 14.2 Å². The van der Waals surface area contributed by atoms with Gasteiger partial charge >= 0.3 is 17.9 Å². The van der Waals surface area contributed by atoms with Gasteiger partial charge in [-0.25, -0.2) is 14.4 Å². The lowest BCUT2D eigenvalue weighted by atomic mass is 10.1. The molecule has 1 N–H and O–H groups in total. The first-order valence-corrected chi connectivity index (χ1v) is 11.1. The first-order valence-electron chi connectivity index (χ1n) is 10.3. The number of carbonyl (C=O) groups is 3. The van der Waals surface area contributed by atoms with Crippen molar-refractivity contribution in [2.45, 2.75) is 20.3 Å². The first-order chi connectivity index (χ1) is 15.5. The van der Waals surface area contributed by atoms with E-state index in [1.54, 1.807) is 44.2 Å². The second-order valence-electron chi connectivity index (χ2n) is 6.61. The molecule has 0 atom stereocenters. The number of nitrogens with one attached hydrogen (secondary N) is 1. The van der Waals surface area contributed by atoms with Crippen LogP contribution in [0.1, 0.15) is 50.7 Å². The third kappa shape index (κ3) is 6.66. The van der Waals surface area contributed by atoms with Crippen molar-refractivity contribution in [2.75, 3.05) is 31.7 Å². The molecule has 0 aliphatic carbocycles. The summed E-state index contributed by atoms with van der Waals surface area (Å²) in [6.07, 6.45) is 1.96. The lowest BCUT2D eigenvalue weighted by Crippen LogP contribution is -2.14. The van der Waals surface area contributed by atoms with Crippen LogP contribution in [-0.2, 0) is 14.2 Å². The Kier molecular flexibility index (Phi) is 10.1. The Hall–Kier alpha value is -3.17. The number of carbonyl (C=O) groups excluding carboxylic acids is 3. The fourth-order valence-electron chi connectivity index (χ4n) is 3.00. The second-order valence-corrected chi connectivity index (χ2v) is 7.56. The predicted octanol–water partition coefficient (Wildman–Crippen LogP) is 4.73. The SMILES string of the molecule is CCOC(=O)c1ccc2ncc(C(=O)OCC)c(NCCCOC(=O)c3cccs3)c2c1.Cl. The van der Waals surface area contributed by atoms with E-state index in [0.29, 0.717) is 40.0 Å². The van der Waals surface area contributed by atoms with Gasteiger partial charge in [-0.3, -0.25) is 4.98 Å². The molecule has 0 fully saturated rings. The minimum absolute atomic E-state index is 0. The lowest BCUT2D eigenvalue weighted by molar-refractivity contribution is 0.0505. The van der Waals surface area contributed by atoms with Gasteiger partial charge in [0.05, 0.1) is 36.6 Å². The highest BCUT2D eigenvalue weighted by Gasteiger charge is 2.18. The van der Waals surface area contributed by atoms with Gasteiger partial charge in [0.15, 0.2) is 0 Å². The maximum Gasteiger partial charge on any atom is 0.348 e. The average Bonchev–Trinajstić information content (AvgIpc) is 3.33. The third-order valence-electron chi connectivity index (χ3n) is 4.45. The molecule has 3 rings (SSSR count). The van der Waals surface area contributed by atoms with Crippen molar-refractivity contribution >= 4 is 58.2 Å². The van der Waals surface area contributed by atoms with Crippen molar-refractivity contribution in [3.05, 3.63) is 57.9 Å². The van der Waals surface area contributed by atoms with E-state index in [9.17, 15) is 14.4 Å². The van der Waals surface area contributed by atoms with Gasteiger partial charge in [0, 0.05) is 18.1 Å². The fourth-order valence-corrected chi connectivity index (χ4v) is 3.62. The highest BCUT2D eigenvalue weighted by Crippen LogP contribution is 2.28. The maximum atomic E-state index is 12.5. The number of thiophene rings is 1. The zero-order valence-corrected chi connectivity index (χ0v) is 19.9. The summed E-state index contributed by atoms with van der Waals surface area (Å²) in [5.74, 6) is -1.34. The van der Waals surface area contributed by atoms with E-state index < -0.39 is 11.9 Å². The van der Waals surface area contributed by atoms with Gasteiger partial charge in [0.1, 0.15) is 10.4 Å². The van der Waals surface area contributed by atoms with Crippen molar-refractivity contribution in [1.29, 1.82) is 0 Å². The Morgan fingerprint density at radius 1 is 1.00 bits per heavy atom. The first kappa shape index (κ1) is 26.1. The number of rotatable bonds is 10. The molecule has 2 heterocycles. The number of pyridine rings is 1. The standard InChI is InChI=1S/C23H24N2O6S.ClH/c1-3-29-21(26)15-8-9-18-16(13-15)20(17(14-25-18)22(27)30-4-2)24-10-6-11-31-23(28)19-7-5-12-32-19;/h5,7-9,12-14H,3-4,6,10-11H2,1-2H3,(H,24,25);1H. The molecule has 0 spiro atoms. The Morgan fingerprint density at radius 3 is 2.45 bits per heavy atom. The molecule has 10 heteroatoms. The van der Waals surface area contributed by atoms with Gasteiger partial charge in [0.2, 0.25) is 0 Å². The normalized spacial score (nSPS) is 10.2. The number of aromatic nitrogens is 1. The number of esters is 3. The van der Waals surface area contributed by atoms with E-state index in [-0.39, 0.29) is 43.8 Å². The van der Waals surface area contributed by atoms with E-state index in [2.05, 4.69) is 10.3 Å². The van der Waals surface area contributed by atoms with Gasteiger partial charge in [-0.05, 0) is 49.9 Å². The molecule has 0 amide bonds. The molecule has 8 nitrogen and oxygen atoms in total. The smallest absolute Gasteiger partial charge is 0.348 e. The van der Waals surface area contributed by atoms with Gasteiger partial charge in [-0.2, -0.15) is 0 Å². The molecular weight excluding hydrogens is 468 g/mol. The summed E-state index contributed by atoms with van der Waals surface area (Å²) >= 11 is 1.32. The van der Waals surface area contributed by atoms with Crippen LogP contribution < -0.4 is 5.32 Å². The molecular formula is C23H25ClN2O6S. The monoisotopic (exact) mass is 492 g/mol. The number of hydrogen-bond acceptors (Lipinski definition) is 9. The molecule has 0 radical (unpaired) electrons. The molecule has 0 unspecified atom stereocenters. The quantitative estimate of drug-likeness (QED) is 0.246. The maximum absolute atomic E-state index is 12.5. The summed E-state index contributed by atoms with van der Waals surface area (Å²) in [4.78, 5) is 41.5. The number of anilines is 1. The van der Waals surface area contributed by atoms with E-state index >= 15 is 0 Å². The van der Waals surface area contributed by atoms with Crippen LogP contribution in [0.5, 0.6) is 0 Å². The number of ether oxygens (including phenoxy) is 3. The Bertz CT molecular complexity index is 1100. The van der Waals surface area contributed by atoms with Crippen LogP contribution in [0, 0.1) is 0 Å². The summed E-state index contributed by atoms with van der Waals surface area (Å²) in [7, 11) is 0. The molecule has 0 bridgehead atoms. The zero-order chi connectivity index (χ0) is 22.9. The zero-order valence-electron chi connectivity index (χ0n) is 18.3. The van der Waals surface area contributed by atoms with Crippen molar-refractivity contribution in [2.24, 2.45) is 0 Å². The van der Waals surface area contributed by atoms with E-state index in [0.717, 1.165) is 0 Å². The topological polar surface area (TPSA) is 104 Å². The predicted molar refractivity (Wildman–Crippen MR) is 129 cm³/mol. The van der Waals surface area contributed by atoms with Gasteiger partial charge < -0.3 is 19.5 Å². The van der Waals surface area contributed by atoms with Gasteiger partial charge in [-0.1, -0.05) is 6.07 Å². The number of halogens is 1. The van der Waals surface area contributed by atoms with Crippen LogP contribution in [0.2, 0.25) is 0 Å². The van der Waals surface area contributed by atoms with Gasteiger partial charge in [-0.15, -0.1) is 23.7 Å². The van der Waals surface area contributed by atoms with E-state index in [1.165, 1.54) is 17.5 Å². The minimum atomic E-state index is -0.518. The summed E-state index contributed by atoms with van der Waals surface area (Å²) < 4.78 is 15.5. The van der Waals surface area contributed by atoms with E-state index in [1.807, 2.05) is 5.38 Å². The summed E-state index contributed by atoms with van der Waals surface area (Å²) in [6, 6.07) is 8.47. The molecule has 1 aromatic carbocycles. The Morgan fingerprint density at radius 2 is 1.76 bits per heavy atom. The van der Waals surface area contributed by atoms with Crippen LogP contribution in [0.4, 0.5) is 5.69 Å². The summed E-state index contributed by atoms with van der Waals surface area (Å²) in [5, 5.41) is 5.63. The number of benzene rings is 1. The fraction of sp³-hybridized carbons (Fsp3) is 0.304. The second kappa shape index (κ2) is 12.8. The molecule has 0 aliphatic heterocycles. The van der Waals surface area contributed by atoms with Crippen LogP contribution in [0.15, 0.2) is 41.9 Å². The summed E-state index contributed by atoms with van der Waals surface area (Å²) in [6.45, 7) is 4.57. The largest absolute Gasteiger partial charge is 0.462 e. The average molecular weight is 493 g/mol. The molecule has 2 aromatic heterocycles. The highest BCUT2D eigenvalue weighted by molar-refractivity contribution is 7.11. The summed E-state index contributed by atoms with van der Waals surface area (Å²) in [5.41, 5.74) is 1.73. The van der Waals surface area contributed by atoms with Crippen molar-refractivity contribution < 1.29 is 28.6 Å². The Labute approximate surface area is 201 Å². The molecule has 0 saturated heterocycles. The number of hydrogen-bond donors (Lipinski definition) is 1. The van der Waals surface area contributed by atoms with Crippen molar-refractivity contribution in [3.63, 3.8) is 0 Å². The van der Waals surface area contributed by atoms with Crippen LogP contribution in [0.3, 0.4) is 0 Å². The van der Waals surface area contributed by atoms with Crippen LogP contribution in [-0.4, -0.2) is 49.3 Å². The van der Waals surface area contributed by atoms with Crippen LogP contribution in [0.25, 0.3) is 10.9 Å². The molecule has 0 saturated carbocycles. The van der Waals surface area contributed by atoms with Crippen LogP contribution >= 0.6 is 23.7 Å². The molecule has 176 valence electrons. The lowest BCUT2D eigenvalue weighted by Gasteiger charge is -2.15. The van der Waals surface area contributed by atoms with Gasteiger partial charge in [0.25, 0.3) is 0 Å². The number of nitrogens with zero attached hydrogens (tertiary/aromatic N) is 1. The third-order valence-corrected chi connectivity index (χ3v) is 5.30. The van der Waals surface area contributed by atoms with Crippen molar-refractivity contribution in [1.82, 2.24) is 4.98 Å². The molecule has 33 heavy (non-hydrogen) atoms. The number of fused-ring (bicyclic) bond motifs is 1. The minimum Gasteiger partial charge on any atom is -0.462 e. The Balaban J connectivity index is 0.00000385. The highest BCUT2D eigenvalue weighted by atomic mass is 35.5.